The zero-order valence-electron chi connectivity index (χ0n) is 12.7. The second-order valence-corrected chi connectivity index (χ2v) is 6.07. The van der Waals surface area contributed by atoms with Crippen molar-refractivity contribution in [2.24, 2.45) is 23.7 Å². The summed E-state index contributed by atoms with van der Waals surface area (Å²) in [5.41, 5.74) is 0.413. The van der Waals surface area contributed by atoms with Crippen LogP contribution in [0.2, 0.25) is 0 Å². The number of benzene rings is 1. The third-order valence-corrected chi connectivity index (χ3v) is 4.68. The van der Waals surface area contributed by atoms with Crippen LogP contribution in [-0.2, 0) is 9.59 Å². The van der Waals surface area contributed by atoms with Crippen LogP contribution in [0.1, 0.15) is 12.8 Å². The molecule has 0 saturated heterocycles. The molecule has 0 spiro atoms. The standard InChI is InChI=1S/C17H17F2NO4/c18-17(19)24-12-7-5-11(6-8-12)20-15(21)13-9-1-3-10(4-2-9)14(13)16(22)23/h1,3,5-10,13-14,17H,2,4H2,(H,20,21)(H,22,23)/t9-,10-,13+,14-/m0/s1. The van der Waals surface area contributed by atoms with E-state index in [-0.39, 0.29) is 23.5 Å². The number of carbonyl (C=O) groups excluding carboxylic acids is 1. The highest BCUT2D eigenvalue weighted by Gasteiger charge is 2.48. The first-order chi connectivity index (χ1) is 11.5. The highest BCUT2D eigenvalue weighted by Crippen LogP contribution is 2.45. The molecule has 1 aromatic rings. The summed E-state index contributed by atoms with van der Waals surface area (Å²) in [5.74, 6) is -2.88. The Morgan fingerprint density at radius 2 is 1.67 bits per heavy atom. The number of fused-ring (bicyclic) bond motifs is 2. The summed E-state index contributed by atoms with van der Waals surface area (Å²) < 4.78 is 28.5. The number of rotatable bonds is 5. The summed E-state index contributed by atoms with van der Waals surface area (Å²) in [6.07, 6.45) is 5.40. The summed E-state index contributed by atoms with van der Waals surface area (Å²) in [6, 6.07) is 5.54. The second-order valence-electron chi connectivity index (χ2n) is 6.07. The molecule has 4 atom stereocenters. The van der Waals surface area contributed by atoms with Crippen LogP contribution >= 0.6 is 0 Å². The molecule has 3 aliphatic rings. The molecule has 2 N–H and O–H groups in total. The van der Waals surface area contributed by atoms with Crippen LogP contribution in [-0.4, -0.2) is 23.6 Å². The van der Waals surface area contributed by atoms with Crippen LogP contribution in [0.5, 0.6) is 5.75 Å². The van der Waals surface area contributed by atoms with Gasteiger partial charge in [-0.25, -0.2) is 0 Å². The largest absolute Gasteiger partial charge is 0.481 e. The van der Waals surface area contributed by atoms with Gasteiger partial charge in [-0.15, -0.1) is 0 Å². The van der Waals surface area contributed by atoms with E-state index in [4.69, 9.17) is 0 Å². The average molecular weight is 337 g/mol. The van der Waals surface area contributed by atoms with E-state index >= 15 is 0 Å². The molecule has 24 heavy (non-hydrogen) atoms. The molecule has 5 nitrogen and oxygen atoms in total. The lowest BCUT2D eigenvalue weighted by Gasteiger charge is -2.41. The summed E-state index contributed by atoms with van der Waals surface area (Å²) in [6.45, 7) is -2.91. The molecule has 2 bridgehead atoms. The summed E-state index contributed by atoms with van der Waals surface area (Å²) >= 11 is 0. The van der Waals surface area contributed by atoms with Crippen LogP contribution < -0.4 is 10.1 Å². The van der Waals surface area contributed by atoms with Crippen molar-refractivity contribution >= 4 is 17.6 Å². The molecule has 0 heterocycles. The fraction of sp³-hybridized carbons (Fsp3) is 0.412. The number of carboxylic acids is 1. The van der Waals surface area contributed by atoms with Crippen molar-refractivity contribution in [2.45, 2.75) is 19.5 Å². The fourth-order valence-electron chi connectivity index (χ4n) is 3.63. The molecule has 128 valence electrons. The monoisotopic (exact) mass is 337 g/mol. The molecular weight excluding hydrogens is 320 g/mol. The Labute approximate surface area is 137 Å². The van der Waals surface area contributed by atoms with Crippen LogP contribution in [0.4, 0.5) is 14.5 Å². The van der Waals surface area contributed by atoms with Gasteiger partial charge < -0.3 is 15.2 Å². The number of carbonyl (C=O) groups is 2. The third-order valence-electron chi connectivity index (χ3n) is 4.68. The molecule has 0 unspecified atom stereocenters. The number of hydrogen-bond acceptors (Lipinski definition) is 3. The lowest BCUT2D eigenvalue weighted by molar-refractivity contribution is -0.151. The Balaban J connectivity index is 1.72. The van der Waals surface area contributed by atoms with E-state index in [0.717, 1.165) is 12.8 Å². The maximum atomic E-state index is 12.6. The molecule has 1 aromatic carbocycles. The number of nitrogens with one attached hydrogen (secondary N) is 1. The minimum Gasteiger partial charge on any atom is -0.481 e. The first-order valence-electron chi connectivity index (χ1n) is 7.72. The van der Waals surface area contributed by atoms with Gasteiger partial charge in [-0.1, -0.05) is 12.2 Å². The molecular formula is C17H17F2NO4. The highest BCUT2D eigenvalue weighted by atomic mass is 19.3. The number of hydrogen-bond donors (Lipinski definition) is 2. The molecule has 1 amide bonds. The number of halogens is 2. The van der Waals surface area contributed by atoms with E-state index < -0.39 is 24.4 Å². The molecule has 1 saturated carbocycles. The van der Waals surface area contributed by atoms with Gasteiger partial charge in [0.05, 0.1) is 11.8 Å². The predicted molar refractivity (Wildman–Crippen MR) is 81.7 cm³/mol. The number of anilines is 1. The van der Waals surface area contributed by atoms with Crippen molar-refractivity contribution in [3.63, 3.8) is 0 Å². The maximum Gasteiger partial charge on any atom is 0.387 e. The smallest absolute Gasteiger partial charge is 0.387 e. The van der Waals surface area contributed by atoms with Gasteiger partial charge in [-0.2, -0.15) is 8.78 Å². The van der Waals surface area contributed by atoms with Crippen LogP contribution in [0.3, 0.4) is 0 Å². The first-order valence-corrected chi connectivity index (χ1v) is 7.72. The Morgan fingerprint density at radius 3 is 2.17 bits per heavy atom. The lowest BCUT2D eigenvalue weighted by Crippen LogP contribution is -2.47. The third kappa shape index (κ3) is 3.25. The molecule has 0 radical (unpaired) electrons. The van der Waals surface area contributed by atoms with Crippen molar-refractivity contribution in [1.29, 1.82) is 0 Å². The van der Waals surface area contributed by atoms with Crippen molar-refractivity contribution in [3.8, 4) is 5.75 Å². The van der Waals surface area contributed by atoms with Crippen molar-refractivity contribution in [1.82, 2.24) is 0 Å². The Morgan fingerprint density at radius 1 is 1.08 bits per heavy atom. The van der Waals surface area contributed by atoms with Gasteiger partial charge >= 0.3 is 12.6 Å². The molecule has 3 aliphatic carbocycles. The number of ether oxygens (including phenoxy) is 1. The van der Waals surface area contributed by atoms with E-state index in [0.29, 0.717) is 5.69 Å². The Hall–Kier alpha value is -2.44. The summed E-state index contributed by atoms with van der Waals surface area (Å²) in [4.78, 5) is 24.1. The fourth-order valence-corrected chi connectivity index (χ4v) is 3.63. The quantitative estimate of drug-likeness (QED) is 0.810. The Bertz CT molecular complexity index is 659. The normalized spacial score (nSPS) is 28.0. The maximum absolute atomic E-state index is 12.6. The van der Waals surface area contributed by atoms with Crippen LogP contribution in [0.15, 0.2) is 36.4 Å². The van der Waals surface area contributed by atoms with Crippen LogP contribution in [0.25, 0.3) is 0 Å². The van der Waals surface area contributed by atoms with Gasteiger partial charge in [0, 0.05) is 5.69 Å². The summed E-state index contributed by atoms with van der Waals surface area (Å²) in [5, 5.41) is 12.1. The van der Waals surface area contributed by atoms with E-state index in [2.05, 4.69) is 10.1 Å². The van der Waals surface area contributed by atoms with E-state index in [1.54, 1.807) is 0 Å². The van der Waals surface area contributed by atoms with Gasteiger partial charge in [-0.05, 0) is 48.9 Å². The number of allylic oxidation sites excluding steroid dienone is 2. The molecule has 0 aliphatic heterocycles. The molecule has 1 fully saturated rings. The molecule has 7 heteroatoms. The van der Waals surface area contributed by atoms with Crippen molar-refractivity contribution in [2.75, 3.05) is 5.32 Å². The number of alkyl halides is 2. The number of carboxylic acid groups (broad SMARTS) is 1. The van der Waals surface area contributed by atoms with Gasteiger partial charge in [-0.3, -0.25) is 9.59 Å². The first kappa shape index (κ1) is 16.4. The number of aliphatic carboxylic acids is 1. The SMILES string of the molecule is O=C(O)[C@@H]1[C@H](C(=O)Nc2ccc(OC(F)F)cc2)[C@H]2C=C[C@H]1CC2. The van der Waals surface area contributed by atoms with Crippen LogP contribution in [0, 0.1) is 23.7 Å². The number of amides is 1. The predicted octanol–water partition coefficient (Wildman–Crippen LogP) is 3.14. The zero-order chi connectivity index (χ0) is 17.3. The van der Waals surface area contributed by atoms with Gasteiger partial charge in [0.15, 0.2) is 0 Å². The zero-order valence-corrected chi connectivity index (χ0v) is 12.7. The average Bonchev–Trinajstić information content (AvgIpc) is 2.56. The Kier molecular flexibility index (Phi) is 4.51. The van der Waals surface area contributed by atoms with Gasteiger partial charge in [0.1, 0.15) is 5.75 Å². The van der Waals surface area contributed by atoms with E-state index in [1.807, 2.05) is 12.2 Å². The summed E-state index contributed by atoms with van der Waals surface area (Å²) in [7, 11) is 0. The molecule has 0 aromatic heterocycles. The minimum absolute atomic E-state index is 0.00827. The van der Waals surface area contributed by atoms with Gasteiger partial charge in [0.2, 0.25) is 5.91 Å². The van der Waals surface area contributed by atoms with Gasteiger partial charge in [0.25, 0.3) is 0 Å². The van der Waals surface area contributed by atoms with E-state index in [1.165, 1.54) is 24.3 Å². The van der Waals surface area contributed by atoms with Crippen molar-refractivity contribution < 1.29 is 28.2 Å². The topological polar surface area (TPSA) is 75.6 Å². The molecule has 4 rings (SSSR count). The van der Waals surface area contributed by atoms with Crippen molar-refractivity contribution in [3.05, 3.63) is 36.4 Å². The lowest BCUT2D eigenvalue weighted by atomic mass is 9.62. The highest BCUT2D eigenvalue weighted by molar-refractivity contribution is 5.96. The van der Waals surface area contributed by atoms with E-state index in [9.17, 15) is 23.5 Å². The minimum atomic E-state index is -2.91. The second kappa shape index (κ2) is 6.59.